The van der Waals surface area contributed by atoms with E-state index < -0.39 is 5.41 Å². The van der Waals surface area contributed by atoms with E-state index in [1.165, 1.54) is 0 Å². The van der Waals surface area contributed by atoms with Crippen molar-refractivity contribution in [1.29, 1.82) is 0 Å². The Morgan fingerprint density at radius 2 is 2.04 bits per heavy atom. The van der Waals surface area contributed by atoms with Crippen LogP contribution in [0.25, 0.3) is 11.5 Å². The Labute approximate surface area is 142 Å². The molecule has 24 heavy (non-hydrogen) atoms. The van der Waals surface area contributed by atoms with Crippen LogP contribution in [0.15, 0.2) is 12.3 Å². The van der Waals surface area contributed by atoms with Gasteiger partial charge in [-0.15, -0.1) is 0 Å². The average molecular weight is 327 g/mol. The predicted octanol–water partition coefficient (Wildman–Crippen LogP) is 3.19. The first-order valence-electron chi connectivity index (χ1n) is 8.44. The molecular formula is C18H25N5O. The van der Waals surface area contributed by atoms with Gasteiger partial charge in [0, 0.05) is 29.5 Å². The summed E-state index contributed by atoms with van der Waals surface area (Å²) in [5, 5.41) is 0. The van der Waals surface area contributed by atoms with Crippen LogP contribution in [0, 0.1) is 19.3 Å². The molecule has 1 saturated heterocycles. The minimum absolute atomic E-state index is 0.0496. The number of amides is 1. The molecule has 0 radical (unpaired) electrons. The first-order chi connectivity index (χ1) is 11.3. The zero-order valence-electron chi connectivity index (χ0n) is 15.1. The highest BCUT2D eigenvalue weighted by molar-refractivity contribution is 5.82. The smallest absolute Gasteiger partial charge is 0.228 e. The molecule has 2 aromatic heterocycles. The molecule has 2 aromatic rings. The number of imidazole rings is 1. The van der Waals surface area contributed by atoms with E-state index in [4.69, 9.17) is 4.98 Å². The lowest BCUT2D eigenvalue weighted by Crippen LogP contribution is -2.39. The third kappa shape index (κ3) is 3.18. The molecule has 0 aliphatic carbocycles. The van der Waals surface area contributed by atoms with Crippen LogP contribution in [0.5, 0.6) is 0 Å². The quantitative estimate of drug-likeness (QED) is 0.919. The highest BCUT2D eigenvalue weighted by atomic mass is 16.2. The molecule has 1 atom stereocenters. The number of aromatic nitrogens is 4. The molecule has 3 rings (SSSR count). The van der Waals surface area contributed by atoms with Gasteiger partial charge in [-0.05, 0) is 32.8 Å². The van der Waals surface area contributed by atoms with Crippen LogP contribution in [-0.4, -0.2) is 37.3 Å². The molecule has 0 unspecified atom stereocenters. The molecule has 0 aromatic carbocycles. The van der Waals surface area contributed by atoms with Crippen LogP contribution in [0.1, 0.15) is 56.9 Å². The van der Waals surface area contributed by atoms with Gasteiger partial charge < -0.3 is 9.88 Å². The maximum atomic E-state index is 12.7. The lowest BCUT2D eigenvalue weighted by atomic mass is 9.94. The topological polar surface area (TPSA) is 74.8 Å². The number of rotatable bonds is 2. The fourth-order valence-electron chi connectivity index (χ4n) is 3.11. The second kappa shape index (κ2) is 6.00. The Hall–Kier alpha value is -2.24. The number of nitrogens with one attached hydrogen (secondary N) is 1. The van der Waals surface area contributed by atoms with E-state index in [-0.39, 0.29) is 11.9 Å². The van der Waals surface area contributed by atoms with Crippen LogP contribution in [0.4, 0.5) is 0 Å². The third-order valence-corrected chi connectivity index (χ3v) is 4.27. The number of aromatic amines is 1. The van der Waals surface area contributed by atoms with E-state index in [2.05, 4.69) is 15.0 Å². The molecule has 0 bridgehead atoms. The Morgan fingerprint density at radius 1 is 1.29 bits per heavy atom. The van der Waals surface area contributed by atoms with Crippen molar-refractivity contribution in [2.75, 3.05) is 6.54 Å². The van der Waals surface area contributed by atoms with Gasteiger partial charge in [-0.3, -0.25) is 4.79 Å². The van der Waals surface area contributed by atoms with Crippen LogP contribution in [0.3, 0.4) is 0 Å². The maximum absolute atomic E-state index is 12.7. The third-order valence-electron chi connectivity index (χ3n) is 4.27. The summed E-state index contributed by atoms with van der Waals surface area (Å²) >= 11 is 0. The number of nitrogens with zero attached hydrogens (tertiary/aromatic N) is 4. The van der Waals surface area contributed by atoms with Crippen molar-refractivity contribution in [2.45, 2.75) is 53.5 Å². The van der Waals surface area contributed by atoms with E-state index in [0.717, 1.165) is 42.3 Å². The molecule has 128 valence electrons. The largest absolute Gasteiger partial charge is 0.341 e. The van der Waals surface area contributed by atoms with Gasteiger partial charge in [0.15, 0.2) is 11.6 Å². The van der Waals surface area contributed by atoms with Crippen LogP contribution in [-0.2, 0) is 4.79 Å². The Kier molecular flexibility index (Phi) is 4.15. The van der Waals surface area contributed by atoms with Crippen molar-refractivity contribution in [3.63, 3.8) is 0 Å². The normalized spacial score (nSPS) is 18.2. The van der Waals surface area contributed by atoms with E-state index >= 15 is 0 Å². The fourth-order valence-corrected chi connectivity index (χ4v) is 3.11. The van der Waals surface area contributed by atoms with E-state index in [1.54, 1.807) is 6.20 Å². The van der Waals surface area contributed by atoms with E-state index in [0.29, 0.717) is 5.82 Å². The number of carbonyl (C=O) groups is 1. The fraction of sp³-hybridized carbons (Fsp3) is 0.556. The van der Waals surface area contributed by atoms with Gasteiger partial charge >= 0.3 is 0 Å². The van der Waals surface area contributed by atoms with Gasteiger partial charge in [-0.25, -0.2) is 15.0 Å². The highest BCUT2D eigenvalue weighted by Gasteiger charge is 2.37. The molecule has 3 heterocycles. The summed E-state index contributed by atoms with van der Waals surface area (Å²) in [4.78, 5) is 31.6. The summed E-state index contributed by atoms with van der Waals surface area (Å²) in [6.45, 7) is 10.6. The number of likely N-dealkylation sites (tertiary alicyclic amines) is 1. The summed E-state index contributed by atoms with van der Waals surface area (Å²) in [7, 11) is 0. The maximum Gasteiger partial charge on any atom is 0.228 e. The number of H-pyrrole nitrogens is 1. The summed E-state index contributed by atoms with van der Waals surface area (Å²) in [6.07, 6.45) is 3.68. The van der Waals surface area contributed by atoms with E-state index in [1.807, 2.05) is 45.6 Å². The Bertz CT molecular complexity index is 759. The summed E-state index contributed by atoms with van der Waals surface area (Å²) in [6, 6.07) is 1.87. The van der Waals surface area contributed by atoms with Gasteiger partial charge in [0.25, 0.3) is 0 Å². The predicted molar refractivity (Wildman–Crippen MR) is 92.2 cm³/mol. The number of hydrogen-bond acceptors (Lipinski definition) is 4. The SMILES string of the molecule is Cc1cc(-c2ncc(C)[nH]2)nc([C@@H]2CCCN2C(=O)C(C)(C)C)n1. The van der Waals surface area contributed by atoms with Crippen LogP contribution in [0.2, 0.25) is 0 Å². The lowest BCUT2D eigenvalue weighted by molar-refractivity contribution is -0.140. The zero-order valence-corrected chi connectivity index (χ0v) is 15.1. The van der Waals surface area contributed by atoms with Gasteiger partial charge in [-0.2, -0.15) is 0 Å². The minimum atomic E-state index is -0.395. The molecule has 6 heteroatoms. The summed E-state index contributed by atoms with van der Waals surface area (Å²) in [5.41, 5.74) is 2.26. The minimum Gasteiger partial charge on any atom is -0.341 e. The lowest BCUT2D eigenvalue weighted by Gasteiger charge is -2.30. The van der Waals surface area contributed by atoms with Crippen LogP contribution >= 0.6 is 0 Å². The van der Waals surface area contributed by atoms with Gasteiger partial charge in [0.1, 0.15) is 5.69 Å². The summed E-state index contributed by atoms with van der Waals surface area (Å²) < 4.78 is 0. The second-order valence-corrected chi connectivity index (χ2v) is 7.57. The first-order valence-corrected chi connectivity index (χ1v) is 8.44. The van der Waals surface area contributed by atoms with Crippen molar-refractivity contribution in [3.05, 3.63) is 29.5 Å². The van der Waals surface area contributed by atoms with Crippen LogP contribution < -0.4 is 0 Å². The van der Waals surface area contributed by atoms with Gasteiger partial charge in [0.05, 0.1) is 6.04 Å². The molecule has 1 amide bonds. The molecule has 1 aliphatic rings. The van der Waals surface area contributed by atoms with Gasteiger partial charge in [-0.1, -0.05) is 20.8 Å². The number of carbonyl (C=O) groups excluding carboxylic acids is 1. The summed E-state index contributed by atoms with van der Waals surface area (Å²) in [5.74, 6) is 1.62. The van der Waals surface area contributed by atoms with Crippen molar-refractivity contribution in [3.8, 4) is 11.5 Å². The van der Waals surface area contributed by atoms with E-state index in [9.17, 15) is 4.79 Å². The molecule has 1 fully saturated rings. The van der Waals surface area contributed by atoms with Crippen molar-refractivity contribution >= 4 is 5.91 Å². The Balaban J connectivity index is 1.96. The van der Waals surface area contributed by atoms with Crippen molar-refractivity contribution in [1.82, 2.24) is 24.8 Å². The number of aryl methyl sites for hydroxylation is 2. The molecule has 1 N–H and O–H groups in total. The molecule has 6 nitrogen and oxygen atoms in total. The Morgan fingerprint density at radius 3 is 2.67 bits per heavy atom. The molecule has 0 saturated carbocycles. The molecule has 1 aliphatic heterocycles. The van der Waals surface area contributed by atoms with Crippen molar-refractivity contribution in [2.24, 2.45) is 5.41 Å². The molecular weight excluding hydrogens is 302 g/mol. The first kappa shape index (κ1) is 16.6. The zero-order chi connectivity index (χ0) is 17.5. The second-order valence-electron chi connectivity index (χ2n) is 7.57. The monoisotopic (exact) mass is 327 g/mol. The average Bonchev–Trinajstić information content (AvgIpc) is 3.13. The van der Waals surface area contributed by atoms with Crippen molar-refractivity contribution < 1.29 is 4.79 Å². The highest BCUT2D eigenvalue weighted by Crippen LogP contribution is 2.34. The number of hydrogen-bond donors (Lipinski definition) is 1. The standard InChI is InChI=1S/C18H25N5O/c1-11-9-13(15-19-10-12(2)21-15)22-16(20-11)14-7-6-8-23(14)17(24)18(3,4)5/h9-10,14H,6-8H2,1-5H3,(H,19,21)/t14-/m0/s1. The van der Waals surface area contributed by atoms with Gasteiger partial charge in [0.2, 0.25) is 5.91 Å². The molecule has 0 spiro atoms.